The second-order valence-electron chi connectivity index (χ2n) is 1.66. The second-order valence-corrected chi connectivity index (χ2v) is 1.66. The summed E-state index contributed by atoms with van der Waals surface area (Å²) in [5, 5.41) is 0. The molecule has 0 unspecified atom stereocenters. The van der Waals surface area contributed by atoms with E-state index >= 15 is 0 Å². The molecule has 0 spiro atoms. The van der Waals surface area contributed by atoms with Gasteiger partial charge in [0.25, 0.3) is 0 Å². The first-order valence-corrected chi connectivity index (χ1v) is 3.03. The van der Waals surface area contributed by atoms with E-state index in [0.29, 0.717) is 6.61 Å². The molecular formula is C8H11MgO. The van der Waals surface area contributed by atoms with E-state index in [9.17, 15) is 0 Å². The van der Waals surface area contributed by atoms with Gasteiger partial charge in [-0.1, -0.05) is 18.2 Å². The topological polar surface area (TPSA) is 9.23 Å². The Hall–Kier alpha value is -0.214. The van der Waals surface area contributed by atoms with Gasteiger partial charge in [-0.05, 0) is 13.0 Å². The molecule has 0 aliphatic carbocycles. The Kier molecular flexibility index (Phi) is 5.44. The molecule has 1 radical (unpaired) electrons. The molecule has 2 heteroatoms. The van der Waals surface area contributed by atoms with Crippen LogP contribution in [0, 0.1) is 6.07 Å². The lowest BCUT2D eigenvalue weighted by molar-refractivity contribution is 0.339. The predicted octanol–water partition coefficient (Wildman–Crippen LogP) is 0.969. The summed E-state index contributed by atoms with van der Waals surface area (Å²) in [7, 11) is 0. The van der Waals surface area contributed by atoms with Gasteiger partial charge in [-0.25, -0.2) is 0 Å². The molecule has 10 heavy (non-hydrogen) atoms. The first kappa shape index (κ1) is 9.79. The zero-order valence-corrected chi connectivity index (χ0v) is 5.42. The highest BCUT2D eigenvalue weighted by atomic mass is 24.3. The quantitative estimate of drug-likeness (QED) is 0.567. The van der Waals surface area contributed by atoms with Gasteiger partial charge >= 0.3 is 23.1 Å². The largest absolute Gasteiger partial charge is 0.493 e. The fourth-order valence-electron chi connectivity index (χ4n) is 0.622. The van der Waals surface area contributed by atoms with Crippen molar-refractivity contribution in [3.63, 3.8) is 0 Å². The predicted molar refractivity (Wildman–Crippen MR) is 45.0 cm³/mol. The summed E-state index contributed by atoms with van der Waals surface area (Å²) >= 11 is 0. The summed E-state index contributed by atoms with van der Waals surface area (Å²) in [6.07, 6.45) is 0. The Balaban J connectivity index is 0.000000810. The van der Waals surface area contributed by atoms with Crippen LogP contribution in [0.2, 0.25) is 0 Å². The number of para-hydroxylation sites is 1. The van der Waals surface area contributed by atoms with E-state index in [1.807, 2.05) is 31.2 Å². The molecule has 0 amide bonds. The molecule has 0 aliphatic heterocycles. The summed E-state index contributed by atoms with van der Waals surface area (Å²) in [5.41, 5.74) is 0. The van der Waals surface area contributed by atoms with E-state index < -0.39 is 0 Å². The molecule has 0 bridgehead atoms. The van der Waals surface area contributed by atoms with Crippen molar-refractivity contribution in [1.29, 1.82) is 0 Å². The van der Waals surface area contributed by atoms with Gasteiger partial charge in [-0.3, -0.25) is 0 Å². The molecule has 1 aromatic rings. The van der Waals surface area contributed by atoms with Gasteiger partial charge in [0.2, 0.25) is 0 Å². The summed E-state index contributed by atoms with van der Waals surface area (Å²) in [6.45, 7) is 2.67. The van der Waals surface area contributed by atoms with Crippen LogP contribution in [0.15, 0.2) is 24.3 Å². The molecule has 0 N–H and O–H groups in total. The van der Waals surface area contributed by atoms with Crippen molar-refractivity contribution in [1.82, 2.24) is 0 Å². The minimum atomic E-state index is 0. The fraction of sp³-hybridized carbons (Fsp3) is 0.250. The average molecular weight is 147 g/mol. The van der Waals surface area contributed by atoms with Gasteiger partial charge in [0, 0.05) is 6.07 Å². The van der Waals surface area contributed by atoms with Crippen molar-refractivity contribution in [3.8, 4) is 5.75 Å². The van der Waals surface area contributed by atoms with Crippen molar-refractivity contribution in [3.05, 3.63) is 30.3 Å². The van der Waals surface area contributed by atoms with E-state index in [2.05, 4.69) is 6.07 Å². The first-order chi connectivity index (χ1) is 4.43. The average Bonchev–Trinajstić information content (AvgIpc) is 1.91. The number of hydrogen-bond donors (Lipinski definition) is 0. The Labute approximate surface area is 77.5 Å². The number of ether oxygens (including phenoxy) is 1. The summed E-state index contributed by atoms with van der Waals surface area (Å²) in [4.78, 5) is 0. The molecule has 1 nitrogen and oxygen atoms in total. The van der Waals surface area contributed by atoms with Crippen LogP contribution in [0.4, 0.5) is 0 Å². The molecule has 51 valence electrons. The third-order valence-corrected chi connectivity index (χ3v) is 0.980. The highest BCUT2D eigenvalue weighted by Gasteiger charge is 1.84. The maximum absolute atomic E-state index is 5.15. The minimum absolute atomic E-state index is 0. The van der Waals surface area contributed by atoms with Crippen LogP contribution in [0.25, 0.3) is 0 Å². The molecule has 1 aromatic carbocycles. The molecule has 0 fully saturated rings. The molecular weight excluding hydrogens is 136 g/mol. The van der Waals surface area contributed by atoms with Crippen molar-refractivity contribution in [2.45, 2.75) is 6.92 Å². The first-order valence-electron chi connectivity index (χ1n) is 3.03. The van der Waals surface area contributed by atoms with Gasteiger partial charge in [0.15, 0.2) is 0 Å². The molecule has 0 atom stereocenters. The Morgan fingerprint density at radius 2 is 2.30 bits per heavy atom. The zero-order chi connectivity index (χ0) is 6.53. The molecule has 0 saturated heterocycles. The second kappa shape index (κ2) is 5.56. The van der Waals surface area contributed by atoms with E-state index in [1.54, 1.807) is 0 Å². The Morgan fingerprint density at radius 3 is 2.80 bits per heavy atom. The maximum atomic E-state index is 5.15. The lowest BCUT2D eigenvalue weighted by Gasteiger charge is -1.98. The molecule has 1 rings (SSSR count). The zero-order valence-electron chi connectivity index (χ0n) is 5.42. The third kappa shape index (κ3) is 3.08. The molecule has 0 saturated carbocycles. The van der Waals surface area contributed by atoms with Crippen molar-refractivity contribution < 1.29 is 4.74 Å². The van der Waals surface area contributed by atoms with Gasteiger partial charge in [0.05, 0.1) is 6.61 Å². The third-order valence-electron chi connectivity index (χ3n) is 0.980. The number of benzene rings is 1. The Bertz CT molecular complexity index is 162. The summed E-state index contributed by atoms with van der Waals surface area (Å²) in [5.74, 6) is 0.819. The fourth-order valence-corrected chi connectivity index (χ4v) is 0.622. The van der Waals surface area contributed by atoms with Crippen molar-refractivity contribution >= 4 is 23.1 Å². The SMILES string of the molecule is CCOc1[c]cccc1.[MgH2]. The lowest BCUT2D eigenvalue weighted by atomic mass is 10.3. The van der Waals surface area contributed by atoms with Crippen LogP contribution in [0.5, 0.6) is 5.75 Å². The summed E-state index contributed by atoms with van der Waals surface area (Å²) < 4.78 is 5.15. The van der Waals surface area contributed by atoms with Crippen LogP contribution in [0.3, 0.4) is 0 Å². The van der Waals surface area contributed by atoms with Gasteiger partial charge in [0.1, 0.15) is 5.75 Å². The Morgan fingerprint density at radius 1 is 1.50 bits per heavy atom. The van der Waals surface area contributed by atoms with Crippen LogP contribution in [-0.4, -0.2) is 29.7 Å². The van der Waals surface area contributed by atoms with Crippen LogP contribution in [0.1, 0.15) is 6.92 Å². The van der Waals surface area contributed by atoms with Crippen LogP contribution >= 0.6 is 0 Å². The number of hydrogen-bond acceptors (Lipinski definition) is 1. The van der Waals surface area contributed by atoms with E-state index in [1.165, 1.54) is 0 Å². The monoisotopic (exact) mass is 147 g/mol. The number of rotatable bonds is 2. The van der Waals surface area contributed by atoms with E-state index in [-0.39, 0.29) is 23.1 Å². The van der Waals surface area contributed by atoms with Crippen molar-refractivity contribution in [2.75, 3.05) is 6.61 Å². The molecule has 0 heterocycles. The summed E-state index contributed by atoms with van der Waals surface area (Å²) in [6, 6.07) is 10.5. The standard InChI is InChI=1S/C8H9O.Mg.2H/c1-2-9-8-6-4-3-5-7-8;;;/h3-6H,2H2,1H3;;;. The van der Waals surface area contributed by atoms with Crippen LogP contribution < -0.4 is 4.74 Å². The smallest absolute Gasteiger partial charge is 0.316 e. The highest BCUT2D eigenvalue weighted by Crippen LogP contribution is 2.05. The molecule has 0 aliphatic rings. The normalized spacial score (nSPS) is 8.10. The minimum Gasteiger partial charge on any atom is -0.493 e. The maximum Gasteiger partial charge on any atom is 0.316 e. The van der Waals surface area contributed by atoms with Gasteiger partial charge < -0.3 is 4.74 Å². The van der Waals surface area contributed by atoms with E-state index in [0.717, 1.165) is 5.75 Å². The molecule has 0 aromatic heterocycles. The van der Waals surface area contributed by atoms with E-state index in [4.69, 9.17) is 4.74 Å². The van der Waals surface area contributed by atoms with Gasteiger partial charge in [-0.15, -0.1) is 0 Å². The van der Waals surface area contributed by atoms with Crippen LogP contribution in [-0.2, 0) is 0 Å². The van der Waals surface area contributed by atoms with Gasteiger partial charge in [-0.2, -0.15) is 0 Å². The van der Waals surface area contributed by atoms with Crippen molar-refractivity contribution in [2.24, 2.45) is 0 Å². The highest BCUT2D eigenvalue weighted by molar-refractivity contribution is 5.75. The lowest BCUT2D eigenvalue weighted by Crippen LogP contribution is -1.89.